The second-order valence-electron chi connectivity index (χ2n) is 9.53. The quantitative estimate of drug-likeness (QED) is 0.624. The molecule has 2 saturated heterocycles. The minimum atomic E-state index is -0.104. The largest absolute Gasteiger partial charge is 0.508 e. The number of ether oxygens (including phenoxy) is 1. The fraction of sp³-hybridized carbons (Fsp3) is 0.462. The lowest BCUT2D eigenvalue weighted by atomic mass is 9.88. The summed E-state index contributed by atoms with van der Waals surface area (Å²) in [6.45, 7) is 5.03. The van der Waals surface area contributed by atoms with Crippen LogP contribution in [0.1, 0.15) is 47.4 Å². The number of benzene rings is 2. The van der Waals surface area contributed by atoms with E-state index in [0.29, 0.717) is 18.0 Å². The Labute approximate surface area is 194 Å². The highest BCUT2D eigenvalue weighted by molar-refractivity contribution is 5.92. The summed E-state index contributed by atoms with van der Waals surface area (Å²) in [4.78, 5) is 14.9. The van der Waals surface area contributed by atoms with Gasteiger partial charge in [0.25, 0.3) is 5.91 Å². The number of phenols is 1. The molecular weight excluding hydrogens is 416 g/mol. The molecule has 5 rings (SSSR count). The van der Waals surface area contributed by atoms with Crippen LogP contribution >= 0.6 is 0 Å². The summed E-state index contributed by atoms with van der Waals surface area (Å²) in [5.74, 6) is 0.262. The number of carbonyl (C=O) groups excluding carboxylic acids is 1. The molecular formula is C26H32N4O3. The molecule has 3 aromatic rings. The summed E-state index contributed by atoms with van der Waals surface area (Å²) in [5.41, 5.74) is 2.32. The molecule has 1 amide bonds. The Balaban J connectivity index is 1.15. The van der Waals surface area contributed by atoms with Crippen LogP contribution in [0.3, 0.4) is 0 Å². The minimum Gasteiger partial charge on any atom is -0.508 e. The maximum atomic E-state index is 12.5. The maximum Gasteiger partial charge on any atom is 0.269 e. The highest BCUT2D eigenvalue weighted by Crippen LogP contribution is 2.39. The van der Waals surface area contributed by atoms with Crippen molar-refractivity contribution >= 4 is 16.7 Å². The Kier molecular flexibility index (Phi) is 5.85. The van der Waals surface area contributed by atoms with E-state index in [9.17, 15) is 9.90 Å². The number of hydrogen-bond donors (Lipinski definition) is 2. The Morgan fingerprint density at radius 1 is 1.21 bits per heavy atom. The first-order valence-corrected chi connectivity index (χ1v) is 11.8. The van der Waals surface area contributed by atoms with Crippen LogP contribution in [0.25, 0.3) is 10.8 Å². The highest BCUT2D eigenvalue weighted by atomic mass is 16.5. The van der Waals surface area contributed by atoms with E-state index < -0.39 is 0 Å². The molecule has 1 spiro atoms. The molecule has 1 aromatic heterocycles. The number of aromatic nitrogens is 2. The molecule has 1 unspecified atom stereocenters. The average Bonchev–Trinajstić information content (AvgIpc) is 3.37. The van der Waals surface area contributed by atoms with Crippen molar-refractivity contribution in [2.45, 2.75) is 50.9 Å². The zero-order valence-electron chi connectivity index (χ0n) is 19.4. The summed E-state index contributed by atoms with van der Waals surface area (Å²) >= 11 is 0. The van der Waals surface area contributed by atoms with Gasteiger partial charge in [0.2, 0.25) is 0 Å². The smallest absolute Gasteiger partial charge is 0.269 e. The molecule has 2 N–H and O–H groups in total. The van der Waals surface area contributed by atoms with Crippen LogP contribution in [0.4, 0.5) is 0 Å². The maximum absolute atomic E-state index is 12.5. The first-order valence-electron chi connectivity index (χ1n) is 11.8. The van der Waals surface area contributed by atoms with E-state index in [1.807, 2.05) is 25.1 Å². The number of nitrogens with zero attached hydrogens (tertiary/aromatic N) is 3. The molecule has 1 atom stereocenters. The number of hydrogen-bond acceptors (Lipinski definition) is 5. The number of fused-ring (bicyclic) bond motifs is 1. The number of likely N-dealkylation sites (tertiary alicyclic amines) is 1. The van der Waals surface area contributed by atoms with E-state index in [1.165, 1.54) is 0 Å². The Bertz CT molecular complexity index is 1160. The predicted octanol–water partition coefficient (Wildman–Crippen LogP) is 3.53. The standard InChI is InChI=1S/C26H32N4O3/c1-18-15-23(29(2)28-18)25(32)27-16-20-9-10-26(33-20)11-13-30(14-12-26)17-22-21-6-4-3-5-19(21)7-8-24(22)31/h3-8,15,20,31H,9-14,16-17H2,1-2H3,(H,27,32). The van der Waals surface area contributed by atoms with Crippen LogP contribution in [0.2, 0.25) is 0 Å². The molecule has 2 aliphatic heterocycles. The summed E-state index contributed by atoms with van der Waals surface area (Å²) in [6.07, 6.45) is 4.01. The number of piperidine rings is 1. The van der Waals surface area contributed by atoms with Crippen molar-refractivity contribution in [2.24, 2.45) is 7.05 Å². The van der Waals surface area contributed by atoms with Crippen molar-refractivity contribution in [1.29, 1.82) is 0 Å². The third kappa shape index (κ3) is 4.48. The molecule has 2 aromatic carbocycles. The van der Waals surface area contributed by atoms with Crippen LogP contribution in [0.15, 0.2) is 42.5 Å². The van der Waals surface area contributed by atoms with Gasteiger partial charge >= 0.3 is 0 Å². The van der Waals surface area contributed by atoms with Crippen molar-refractivity contribution in [2.75, 3.05) is 19.6 Å². The van der Waals surface area contributed by atoms with Gasteiger partial charge in [0.1, 0.15) is 11.4 Å². The monoisotopic (exact) mass is 448 g/mol. The van der Waals surface area contributed by atoms with Gasteiger partial charge in [-0.3, -0.25) is 14.4 Å². The number of carbonyl (C=O) groups is 1. The van der Waals surface area contributed by atoms with Gasteiger partial charge in [0, 0.05) is 38.8 Å². The molecule has 0 saturated carbocycles. The first kappa shape index (κ1) is 21.9. The molecule has 0 bridgehead atoms. The Hall–Kier alpha value is -2.90. The zero-order chi connectivity index (χ0) is 23.0. The van der Waals surface area contributed by atoms with Gasteiger partial charge in [-0.25, -0.2) is 0 Å². The van der Waals surface area contributed by atoms with Gasteiger partial charge in [0.15, 0.2) is 0 Å². The highest BCUT2D eigenvalue weighted by Gasteiger charge is 2.42. The van der Waals surface area contributed by atoms with Gasteiger partial charge in [-0.05, 0) is 55.5 Å². The fourth-order valence-electron chi connectivity index (χ4n) is 5.36. The van der Waals surface area contributed by atoms with E-state index in [4.69, 9.17) is 4.74 Å². The lowest BCUT2D eigenvalue weighted by Crippen LogP contribution is -2.45. The number of rotatable bonds is 5. The molecule has 7 nitrogen and oxygen atoms in total. The van der Waals surface area contributed by atoms with Crippen molar-refractivity contribution in [3.05, 3.63) is 59.4 Å². The van der Waals surface area contributed by atoms with Crippen LogP contribution in [0, 0.1) is 6.92 Å². The molecule has 7 heteroatoms. The zero-order valence-corrected chi connectivity index (χ0v) is 19.4. The van der Waals surface area contributed by atoms with E-state index in [-0.39, 0.29) is 17.6 Å². The lowest BCUT2D eigenvalue weighted by Gasteiger charge is -2.39. The Morgan fingerprint density at radius 2 is 2.00 bits per heavy atom. The molecule has 0 radical (unpaired) electrons. The van der Waals surface area contributed by atoms with E-state index in [0.717, 1.165) is 67.3 Å². The van der Waals surface area contributed by atoms with Gasteiger partial charge in [-0.2, -0.15) is 5.10 Å². The van der Waals surface area contributed by atoms with Crippen LogP contribution in [-0.2, 0) is 18.3 Å². The SMILES string of the molecule is Cc1cc(C(=O)NCC2CCC3(CCN(Cc4c(O)ccc5ccccc45)CC3)O2)n(C)n1. The third-order valence-electron chi connectivity index (χ3n) is 7.23. The number of aromatic hydroxyl groups is 1. The number of nitrogens with one attached hydrogen (secondary N) is 1. The lowest BCUT2D eigenvalue weighted by molar-refractivity contribution is -0.0764. The van der Waals surface area contributed by atoms with Gasteiger partial charge in [-0.1, -0.05) is 30.3 Å². The predicted molar refractivity (Wildman–Crippen MR) is 127 cm³/mol. The van der Waals surface area contributed by atoms with Crippen molar-refractivity contribution < 1.29 is 14.6 Å². The van der Waals surface area contributed by atoms with Gasteiger partial charge < -0.3 is 15.2 Å². The Morgan fingerprint density at radius 3 is 2.76 bits per heavy atom. The van der Waals surface area contributed by atoms with Crippen molar-refractivity contribution in [3.63, 3.8) is 0 Å². The normalized spacial score (nSPS) is 20.5. The second kappa shape index (κ2) is 8.80. The third-order valence-corrected chi connectivity index (χ3v) is 7.23. The molecule has 2 fully saturated rings. The van der Waals surface area contributed by atoms with E-state index in [2.05, 4.69) is 27.4 Å². The summed E-state index contributed by atoms with van der Waals surface area (Å²) in [7, 11) is 1.79. The van der Waals surface area contributed by atoms with Gasteiger partial charge in [0.05, 0.1) is 17.4 Å². The van der Waals surface area contributed by atoms with E-state index in [1.54, 1.807) is 23.9 Å². The number of aryl methyl sites for hydroxylation is 2. The molecule has 0 aliphatic carbocycles. The topological polar surface area (TPSA) is 79.6 Å². The molecule has 174 valence electrons. The van der Waals surface area contributed by atoms with Crippen molar-refractivity contribution in [3.8, 4) is 5.75 Å². The van der Waals surface area contributed by atoms with Crippen LogP contribution in [0.5, 0.6) is 5.75 Å². The molecule has 2 aliphatic rings. The number of phenolic OH excluding ortho intramolecular Hbond substituents is 1. The second-order valence-corrected chi connectivity index (χ2v) is 9.53. The van der Waals surface area contributed by atoms with Crippen LogP contribution < -0.4 is 5.32 Å². The van der Waals surface area contributed by atoms with E-state index >= 15 is 0 Å². The summed E-state index contributed by atoms with van der Waals surface area (Å²) in [6, 6.07) is 13.8. The average molecular weight is 449 g/mol. The number of amides is 1. The molecule has 3 heterocycles. The van der Waals surface area contributed by atoms with Crippen LogP contribution in [-0.4, -0.2) is 57.0 Å². The summed E-state index contributed by atoms with van der Waals surface area (Å²) in [5, 5.41) is 20.0. The summed E-state index contributed by atoms with van der Waals surface area (Å²) < 4.78 is 8.11. The van der Waals surface area contributed by atoms with Gasteiger partial charge in [-0.15, -0.1) is 0 Å². The fourth-order valence-corrected chi connectivity index (χ4v) is 5.36. The molecule has 33 heavy (non-hydrogen) atoms. The first-order chi connectivity index (χ1) is 15.9. The minimum absolute atomic E-state index is 0.0527. The van der Waals surface area contributed by atoms with Crippen molar-refractivity contribution in [1.82, 2.24) is 20.0 Å².